The van der Waals surface area contributed by atoms with E-state index in [-0.39, 0.29) is 0 Å². The average molecular weight is 236 g/mol. The van der Waals surface area contributed by atoms with Crippen LogP contribution >= 0.6 is 11.6 Å². The summed E-state index contributed by atoms with van der Waals surface area (Å²) in [5, 5.41) is 0.531. The maximum Gasteiger partial charge on any atom is 0.129 e. The van der Waals surface area contributed by atoms with Crippen molar-refractivity contribution in [3.63, 3.8) is 0 Å². The fraction of sp³-hybridized carbons (Fsp3) is 0.333. The normalized spacial score (nSPS) is 11.0. The molecule has 2 aromatic heterocycles. The van der Waals surface area contributed by atoms with E-state index < -0.39 is 0 Å². The monoisotopic (exact) mass is 235 g/mol. The van der Waals surface area contributed by atoms with Gasteiger partial charge in [-0.3, -0.25) is 0 Å². The highest BCUT2D eigenvalue weighted by molar-refractivity contribution is 6.29. The van der Waals surface area contributed by atoms with Gasteiger partial charge >= 0.3 is 0 Å². The predicted octanol–water partition coefficient (Wildman–Crippen LogP) is 3.10. The van der Waals surface area contributed by atoms with Crippen molar-refractivity contribution in [3.8, 4) is 0 Å². The van der Waals surface area contributed by atoms with Crippen LogP contribution in [0.5, 0.6) is 0 Å². The van der Waals surface area contributed by atoms with E-state index in [2.05, 4.69) is 28.4 Å². The van der Waals surface area contributed by atoms with E-state index in [1.54, 1.807) is 6.20 Å². The summed E-state index contributed by atoms with van der Waals surface area (Å²) in [7, 11) is 0. The van der Waals surface area contributed by atoms with Crippen LogP contribution in [0.1, 0.15) is 31.2 Å². The number of pyridine rings is 1. The minimum atomic E-state index is 0.423. The lowest BCUT2D eigenvalue weighted by Gasteiger charge is -2.10. The highest BCUT2D eigenvalue weighted by Gasteiger charge is 2.07. The second-order valence-corrected chi connectivity index (χ2v) is 4.44. The van der Waals surface area contributed by atoms with Gasteiger partial charge in [0.05, 0.1) is 0 Å². The van der Waals surface area contributed by atoms with E-state index in [1.165, 1.54) is 0 Å². The van der Waals surface area contributed by atoms with Crippen LogP contribution in [0.3, 0.4) is 0 Å². The summed E-state index contributed by atoms with van der Waals surface area (Å²) in [6.07, 6.45) is 5.55. The van der Waals surface area contributed by atoms with Crippen molar-refractivity contribution in [2.75, 3.05) is 0 Å². The van der Waals surface area contributed by atoms with Crippen LogP contribution in [0.15, 0.2) is 30.7 Å². The Labute approximate surface area is 100 Å². The van der Waals surface area contributed by atoms with Crippen LogP contribution in [0, 0.1) is 0 Å². The lowest BCUT2D eigenvalue weighted by Crippen LogP contribution is -2.05. The molecule has 0 saturated heterocycles. The quantitative estimate of drug-likeness (QED) is 0.766. The van der Waals surface area contributed by atoms with Crippen molar-refractivity contribution in [1.29, 1.82) is 0 Å². The minimum Gasteiger partial charge on any atom is -0.330 e. The summed E-state index contributed by atoms with van der Waals surface area (Å²) in [6, 6.07) is 3.85. The molecule has 3 nitrogen and oxygen atoms in total. The van der Waals surface area contributed by atoms with Crippen LogP contribution in [0.25, 0.3) is 0 Å². The Bertz CT molecular complexity index is 477. The fourth-order valence-corrected chi connectivity index (χ4v) is 1.89. The van der Waals surface area contributed by atoms with Gasteiger partial charge in [-0.25, -0.2) is 9.97 Å². The van der Waals surface area contributed by atoms with Gasteiger partial charge in [0.15, 0.2) is 0 Å². The van der Waals surface area contributed by atoms with Crippen molar-refractivity contribution < 1.29 is 0 Å². The molecule has 0 radical (unpaired) electrons. The standard InChI is InChI=1S/C12H14ClN3/c1-9(2)12-15-5-6-16(12)8-10-3-4-14-11(13)7-10/h3-7,9H,8H2,1-2H3. The highest BCUT2D eigenvalue weighted by atomic mass is 35.5. The summed E-state index contributed by atoms with van der Waals surface area (Å²) in [4.78, 5) is 8.32. The number of hydrogen-bond donors (Lipinski definition) is 0. The first-order valence-electron chi connectivity index (χ1n) is 5.28. The highest BCUT2D eigenvalue weighted by Crippen LogP contribution is 2.15. The number of aromatic nitrogens is 3. The minimum absolute atomic E-state index is 0.423. The molecule has 0 fully saturated rings. The van der Waals surface area contributed by atoms with Gasteiger partial charge in [0.1, 0.15) is 11.0 Å². The molecule has 2 rings (SSSR count). The second kappa shape index (κ2) is 4.66. The third-order valence-corrected chi connectivity index (χ3v) is 2.61. The topological polar surface area (TPSA) is 30.7 Å². The Morgan fingerprint density at radius 2 is 2.12 bits per heavy atom. The first-order chi connectivity index (χ1) is 7.66. The maximum atomic E-state index is 5.85. The average Bonchev–Trinajstić information content (AvgIpc) is 2.66. The van der Waals surface area contributed by atoms with E-state index >= 15 is 0 Å². The van der Waals surface area contributed by atoms with Gasteiger partial charge in [0.25, 0.3) is 0 Å². The molecule has 0 saturated carbocycles. The molecule has 0 atom stereocenters. The summed E-state index contributed by atoms with van der Waals surface area (Å²) in [6.45, 7) is 5.06. The van der Waals surface area contributed by atoms with E-state index in [9.17, 15) is 0 Å². The number of rotatable bonds is 3. The molecule has 0 spiro atoms. The Morgan fingerprint density at radius 1 is 1.31 bits per heavy atom. The van der Waals surface area contributed by atoms with Gasteiger partial charge < -0.3 is 4.57 Å². The third kappa shape index (κ3) is 2.42. The molecule has 0 aliphatic rings. The zero-order valence-corrected chi connectivity index (χ0v) is 10.1. The number of imidazole rings is 1. The van der Waals surface area contributed by atoms with Crippen LogP contribution in [0.2, 0.25) is 5.15 Å². The Kier molecular flexibility index (Phi) is 3.25. The molecular weight excluding hydrogens is 222 g/mol. The van der Waals surface area contributed by atoms with Crippen molar-refractivity contribution in [3.05, 3.63) is 47.3 Å². The molecule has 0 N–H and O–H groups in total. The van der Waals surface area contributed by atoms with E-state index in [4.69, 9.17) is 11.6 Å². The molecule has 2 aromatic rings. The van der Waals surface area contributed by atoms with Crippen LogP contribution in [-0.4, -0.2) is 14.5 Å². The SMILES string of the molecule is CC(C)c1nccn1Cc1ccnc(Cl)c1. The molecule has 0 bridgehead atoms. The first kappa shape index (κ1) is 11.1. The van der Waals surface area contributed by atoms with Crippen molar-refractivity contribution in [1.82, 2.24) is 14.5 Å². The summed E-state index contributed by atoms with van der Waals surface area (Å²) >= 11 is 5.85. The molecule has 0 amide bonds. The number of hydrogen-bond acceptors (Lipinski definition) is 2. The van der Waals surface area contributed by atoms with Crippen LogP contribution in [-0.2, 0) is 6.54 Å². The summed E-state index contributed by atoms with van der Waals surface area (Å²) in [5.41, 5.74) is 1.14. The Hall–Kier alpha value is -1.35. The van der Waals surface area contributed by atoms with Gasteiger partial charge in [-0.2, -0.15) is 0 Å². The lowest BCUT2D eigenvalue weighted by atomic mass is 10.2. The lowest BCUT2D eigenvalue weighted by molar-refractivity contribution is 0.669. The summed E-state index contributed by atoms with van der Waals surface area (Å²) in [5.74, 6) is 1.51. The van der Waals surface area contributed by atoms with Crippen molar-refractivity contribution in [2.24, 2.45) is 0 Å². The number of halogens is 1. The zero-order chi connectivity index (χ0) is 11.5. The molecule has 84 valence electrons. The van der Waals surface area contributed by atoms with Gasteiger partial charge in [-0.15, -0.1) is 0 Å². The zero-order valence-electron chi connectivity index (χ0n) is 9.39. The fourth-order valence-electron chi connectivity index (χ4n) is 1.69. The molecule has 0 aliphatic carbocycles. The molecule has 0 unspecified atom stereocenters. The van der Waals surface area contributed by atoms with Crippen LogP contribution in [0.4, 0.5) is 0 Å². The van der Waals surface area contributed by atoms with Gasteiger partial charge in [-0.1, -0.05) is 25.4 Å². The molecular formula is C12H14ClN3. The first-order valence-corrected chi connectivity index (χ1v) is 5.66. The Morgan fingerprint density at radius 3 is 2.81 bits per heavy atom. The van der Waals surface area contributed by atoms with Gasteiger partial charge in [0, 0.05) is 31.1 Å². The maximum absolute atomic E-state index is 5.85. The largest absolute Gasteiger partial charge is 0.330 e. The van der Waals surface area contributed by atoms with Crippen LogP contribution < -0.4 is 0 Å². The molecule has 0 aliphatic heterocycles. The van der Waals surface area contributed by atoms with Crippen molar-refractivity contribution in [2.45, 2.75) is 26.3 Å². The Balaban J connectivity index is 2.24. The molecule has 2 heterocycles. The van der Waals surface area contributed by atoms with Gasteiger partial charge in [-0.05, 0) is 17.7 Å². The second-order valence-electron chi connectivity index (χ2n) is 4.05. The van der Waals surface area contributed by atoms with E-state index in [0.29, 0.717) is 11.1 Å². The number of nitrogens with zero attached hydrogens (tertiary/aromatic N) is 3. The van der Waals surface area contributed by atoms with Gasteiger partial charge in [0.2, 0.25) is 0 Å². The van der Waals surface area contributed by atoms with Crippen molar-refractivity contribution >= 4 is 11.6 Å². The predicted molar refractivity (Wildman–Crippen MR) is 64.7 cm³/mol. The van der Waals surface area contributed by atoms with E-state index in [1.807, 2.05) is 24.5 Å². The molecule has 16 heavy (non-hydrogen) atoms. The molecule has 0 aromatic carbocycles. The van der Waals surface area contributed by atoms with E-state index in [0.717, 1.165) is 17.9 Å². The molecule has 4 heteroatoms. The smallest absolute Gasteiger partial charge is 0.129 e. The summed E-state index contributed by atoms with van der Waals surface area (Å²) < 4.78 is 2.14. The third-order valence-electron chi connectivity index (χ3n) is 2.41.